The van der Waals surface area contributed by atoms with Crippen LogP contribution in [0.25, 0.3) is 0 Å². The second kappa shape index (κ2) is 7.36. The van der Waals surface area contributed by atoms with Crippen molar-refractivity contribution in [2.24, 2.45) is 5.92 Å². The maximum atomic E-state index is 5.74. The fourth-order valence-corrected chi connectivity index (χ4v) is 3.02. The Labute approximate surface area is 118 Å². The first-order valence-corrected chi connectivity index (χ1v) is 7.53. The Balaban J connectivity index is 1.78. The van der Waals surface area contributed by atoms with E-state index in [1.54, 1.807) is 0 Å². The van der Waals surface area contributed by atoms with Gasteiger partial charge in [0.25, 0.3) is 0 Å². The number of hydrogen-bond donors (Lipinski definition) is 0. The number of likely N-dealkylation sites (tertiary alicyclic amines) is 1. The highest BCUT2D eigenvalue weighted by Crippen LogP contribution is 2.20. The Hall–Kier alpha value is -1.26. The normalized spacial score (nSPS) is 21.8. The molecule has 2 atom stereocenters. The molecule has 1 aliphatic heterocycles. The van der Waals surface area contributed by atoms with Crippen molar-refractivity contribution in [2.75, 3.05) is 13.1 Å². The van der Waals surface area contributed by atoms with Gasteiger partial charge in [-0.25, -0.2) is 0 Å². The SMILES string of the molecule is C#CC(CCCc1ccccc1)N1CCCC(C)C1. The molecule has 1 aromatic carbocycles. The summed E-state index contributed by atoms with van der Waals surface area (Å²) >= 11 is 0. The highest BCUT2D eigenvalue weighted by atomic mass is 15.2. The zero-order valence-corrected chi connectivity index (χ0v) is 12.0. The summed E-state index contributed by atoms with van der Waals surface area (Å²) < 4.78 is 0. The van der Waals surface area contributed by atoms with E-state index in [1.807, 2.05) is 0 Å². The highest BCUT2D eigenvalue weighted by molar-refractivity contribution is 5.14. The molecule has 102 valence electrons. The molecular formula is C18H25N. The lowest BCUT2D eigenvalue weighted by Crippen LogP contribution is -2.41. The summed E-state index contributed by atoms with van der Waals surface area (Å²) in [5.74, 6) is 3.81. The maximum absolute atomic E-state index is 5.74. The highest BCUT2D eigenvalue weighted by Gasteiger charge is 2.21. The predicted octanol–water partition coefficient (Wildman–Crippen LogP) is 3.74. The van der Waals surface area contributed by atoms with E-state index in [9.17, 15) is 0 Å². The Morgan fingerprint density at radius 2 is 2.16 bits per heavy atom. The summed E-state index contributed by atoms with van der Waals surface area (Å²) in [6, 6.07) is 11.0. The van der Waals surface area contributed by atoms with E-state index in [0.717, 1.165) is 18.8 Å². The Kier molecular flexibility index (Phi) is 5.48. The first-order valence-electron chi connectivity index (χ1n) is 7.53. The van der Waals surface area contributed by atoms with Crippen LogP contribution in [0.5, 0.6) is 0 Å². The summed E-state index contributed by atoms with van der Waals surface area (Å²) in [4.78, 5) is 2.51. The van der Waals surface area contributed by atoms with Gasteiger partial charge in [0.1, 0.15) is 0 Å². The third kappa shape index (κ3) is 4.40. The molecule has 0 aliphatic carbocycles. The summed E-state index contributed by atoms with van der Waals surface area (Å²) in [6.45, 7) is 4.70. The fourth-order valence-electron chi connectivity index (χ4n) is 3.02. The molecule has 1 nitrogen and oxygen atoms in total. The molecule has 0 amide bonds. The van der Waals surface area contributed by atoms with Gasteiger partial charge in [-0.1, -0.05) is 43.2 Å². The van der Waals surface area contributed by atoms with Gasteiger partial charge in [-0.3, -0.25) is 4.90 Å². The molecular weight excluding hydrogens is 230 g/mol. The second-order valence-electron chi connectivity index (χ2n) is 5.80. The van der Waals surface area contributed by atoms with Crippen LogP contribution in [0, 0.1) is 18.3 Å². The van der Waals surface area contributed by atoms with E-state index in [-0.39, 0.29) is 0 Å². The number of rotatable bonds is 5. The molecule has 2 rings (SSSR count). The van der Waals surface area contributed by atoms with Gasteiger partial charge in [0.05, 0.1) is 6.04 Å². The van der Waals surface area contributed by atoms with E-state index >= 15 is 0 Å². The number of nitrogens with zero attached hydrogens (tertiary/aromatic N) is 1. The van der Waals surface area contributed by atoms with Crippen LogP contribution in [0.3, 0.4) is 0 Å². The number of aryl methyl sites for hydroxylation is 1. The molecule has 1 aromatic rings. The van der Waals surface area contributed by atoms with E-state index in [1.165, 1.54) is 37.9 Å². The first-order chi connectivity index (χ1) is 9.29. The van der Waals surface area contributed by atoms with Crippen LogP contribution in [0.2, 0.25) is 0 Å². The number of terminal acetylenes is 1. The van der Waals surface area contributed by atoms with Gasteiger partial charge in [-0.2, -0.15) is 0 Å². The lowest BCUT2D eigenvalue weighted by atomic mass is 9.97. The molecule has 0 aromatic heterocycles. The second-order valence-corrected chi connectivity index (χ2v) is 5.80. The van der Waals surface area contributed by atoms with Crippen molar-refractivity contribution in [1.82, 2.24) is 4.90 Å². The summed E-state index contributed by atoms with van der Waals surface area (Å²) in [7, 11) is 0. The molecule has 1 fully saturated rings. The molecule has 0 saturated carbocycles. The number of hydrogen-bond acceptors (Lipinski definition) is 1. The van der Waals surface area contributed by atoms with Crippen molar-refractivity contribution >= 4 is 0 Å². The largest absolute Gasteiger partial charge is 0.290 e. The fraction of sp³-hybridized carbons (Fsp3) is 0.556. The average Bonchev–Trinajstić information content (AvgIpc) is 2.45. The van der Waals surface area contributed by atoms with Crippen LogP contribution in [-0.4, -0.2) is 24.0 Å². The van der Waals surface area contributed by atoms with Crippen LogP contribution in [-0.2, 0) is 6.42 Å². The van der Waals surface area contributed by atoms with Gasteiger partial charge in [0, 0.05) is 6.54 Å². The number of piperidine rings is 1. The summed E-state index contributed by atoms with van der Waals surface area (Å²) in [6.07, 6.45) is 11.8. The smallest absolute Gasteiger partial charge is 0.0712 e. The van der Waals surface area contributed by atoms with Crippen LogP contribution in [0.4, 0.5) is 0 Å². The quantitative estimate of drug-likeness (QED) is 0.724. The first kappa shape index (κ1) is 14.2. The van der Waals surface area contributed by atoms with E-state index in [0.29, 0.717) is 6.04 Å². The van der Waals surface area contributed by atoms with Crippen molar-refractivity contribution in [2.45, 2.75) is 45.1 Å². The van der Waals surface area contributed by atoms with Crippen LogP contribution in [0.1, 0.15) is 38.2 Å². The van der Waals surface area contributed by atoms with E-state index in [4.69, 9.17) is 6.42 Å². The minimum Gasteiger partial charge on any atom is -0.290 e. The molecule has 0 spiro atoms. The average molecular weight is 255 g/mol. The van der Waals surface area contributed by atoms with Crippen molar-refractivity contribution in [1.29, 1.82) is 0 Å². The zero-order valence-electron chi connectivity index (χ0n) is 12.0. The third-order valence-corrected chi connectivity index (χ3v) is 4.11. The van der Waals surface area contributed by atoms with Gasteiger partial charge in [0.2, 0.25) is 0 Å². The molecule has 1 aliphatic rings. The van der Waals surface area contributed by atoms with Crippen molar-refractivity contribution in [3.05, 3.63) is 35.9 Å². The van der Waals surface area contributed by atoms with Gasteiger partial charge in [-0.15, -0.1) is 6.42 Å². The minimum absolute atomic E-state index is 0.339. The standard InChI is InChI=1S/C18H25N/c1-3-18(19-14-8-9-16(2)15-19)13-7-12-17-10-5-4-6-11-17/h1,4-6,10-11,16,18H,7-9,12-15H2,2H3. The third-order valence-electron chi connectivity index (χ3n) is 4.11. The van der Waals surface area contributed by atoms with Gasteiger partial charge in [0.15, 0.2) is 0 Å². The summed E-state index contributed by atoms with van der Waals surface area (Å²) in [5, 5.41) is 0. The van der Waals surface area contributed by atoms with Crippen LogP contribution >= 0.6 is 0 Å². The molecule has 1 heteroatoms. The van der Waals surface area contributed by atoms with Gasteiger partial charge in [-0.05, 0) is 50.1 Å². The number of benzene rings is 1. The van der Waals surface area contributed by atoms with Gasteiger partial charge >= 0.3 is 0 Å². The Bertz CT molecular complexity index is 403. The van der Waals surface area contributed by atoms with Crippen LogP contribution < -0.4 is 0 Å². The van der Waals surface area contributed by atoms with E-state index < -0.39 is 0 Å². The van der Waals surface area contributed by atoms with Crippen molar-refractivity contribution in [3.8, 4) is 12.3 Å². The maximum Gasteiger partial charge on any atom is 0.0712 e. The molecule has 2 unspecified atom stereocenters. The van der Waals surface area contributed by atoms with Gasteiger partial charge < -0.3 is 0 Å². The lowest BCUT2D eigenvalue weighted by Gasteiger charge is -2.34. The molecule has 0 radical (unpaired) electrons. The molecule has 1 saturated heterocycles. The van der Waals surface area contributed by atoms with Crippen LogP contribution in [0.15, 0.2) is 30.3 Å². The molecule has 19 heavy (non-hydrogen) atoms. The Morgan fingerprint density at radius 1 is 1.37 bits per heavy atom. The Morgan fingerprint density at radius 3 is 2.84 bits per heavy atom. The zero-order chi connectivity index (χ0) is 13.5. The van der Waals surface area contributed by atoms with Crippen molar-refractivity contribution < 1.29 is 0 Å². The monoisotopic (exact) mass is 255 g/mol. The molecule has 0 bridgehead atoms. The minimum atomic E-state index is 0.339. The lowest BCUT2D eigenvalue weighted by molar-refractivity contribution is 0.150. The topological polar surface area (TPSA) is 3.24 Å². The predicted molar refractivity (Wildman–Crippen MR) is 82.0 cm³/mol. The van der Waals surface area contributed by atoms with Crippen molar-refractivity contribution in [3.63, 3.8) is 0 Å². The molecule has 1 heterocycles. The summed E-state index contributed by atoms with van der Waals surface area (Å²) in [5.41, 5.74) is 1.42. The van der Waals surface area contributed by atoms with E-state index in [2.05, 4.69) is 48.1 Å². The molecule has 0 N–H and O–H groups in total.